The van der Waals surface area contributed by atoms with Gasteiger partial charge in [0.05, 0.1) is 18.1 Å². The first-order valence-corrected chi connectivity index (χ1v) is 8.71. The molecular formula is C17H20FN5O5. The highest BCUT2D eigenvalue weighted by Gasteiger charge is 2.17. The summed E-state index contributed by atoms with van der Waals surface area (Å²) in [5.41, 5.74) is -0.158. The van der Waals surface area contributed by atoms with Crippen molar-refractivity contribution in [1.82, 2.24) is 20.0 Å². The molecule has 1 saturated heterocycles. The van der Waals surface area contributed by atoms with Crippen LogP contribution in [0.15, 0.2) is 30.5 Å². The van der Waals surface area contributed by atoms with E-state index >= 15 is 0 Å². The summed E-state index contributed by atoms with van der Waals surface area (Å²) in [7, 11) is 0. The molecule has 1 amide bonds. The van der Waals surface area contributed by atoms with Gasteiger partial charge >= 0.3 is 5.69 Å². The number of nitrogens with one attached hydrogen (secondary N) is 1. The van der Waals surface area contributed by atoms with Crippen LogP contribution in [0.3, 0.4) is 0 Å². The molecule has 0 saturated carbocycles. The molecule has 1 aliphatic heterocycles. The van der Waals surface area contributed by atoms with E-state index in [0.717, 1.165) is 37.8 Å². The molecule has 1 N–H and O–H groups in total. The van der Waals surface area contributed by atoms with Crippen LogP contribution in [-0.4, -0.2) is 64.9 Å². The smallest absolute Gasteiger partial charge is 0.311 e. The van der Waals surface area contributed by atoms with Crippen molar-refractivity contribution in [2.75, 3.05) is 39.4 Å². The van der Waals surface area contributed by atoms with Crippen LogP contribution < -0.4 is 10.1 Å². The Morgan fingerprint density at radius 2 is 2.14 bits per heavy atom. The van der Waals surface area contributed by atoms with Gasteiger partial charge in [-0.2, -0.15) is 5.10 Å². The molecule has 0 radical (unpaired) electrons. The minimum atomic E-state index is -0.662. The van der Waals surface area contributed by atoms with Gasteiger partial charge in [0.1, 0.15) is 11.5 Å². The Morgan fingerprint density at radius 3 is 2.89 bits per heavy atom. The number of halogens is 1. The second-order valence-electron chi connectivity index (χ2n) is 6.09. The van der Waals surface area contributed by atoms with Gasteiger partial charge in [-0.3, -0.25) is 19.8 Å². The summed E-state index contributed by atoms with van der Waals surface area (Å²) in [6, 6.07) is 4.45. The van der Waals surface area contributed by atoms with Crippen LogP contribution in [0.5, 0.6) is 5.75 Å². The first-order valence-electron chi connectivity index (χ1n) is 8.71. The van der Waals surface area contributed by atoms with E-state index in [1.165, 1.54) is 16.9 Å². The van der Waals surface area contributed by atoms with Crippen LogP contribution >= 0.6 is 0 Å². The Balaban J connectivity index is 1.50. The second-order valence-corrected chi connectivity index (χ2v) is 6.09. The van der Waals surface area contributed by atoms with Crippen molar-refractivity contribution in [2.24, 2.45) is 0 Å². The Morgan fingerprint density at radius 1 is 1.36 bits per heavy atom. The molecule has 1 aliphatic rings. The largest absolute Gasteiger partial charge is 0.464 e. The summed E-state index contributed by atoms with van der Waals surface area (Å²) < 4.78 is 25.2. The van der Waals surface area contributed by atoms with E-state index in [4.69, 9.17) is 9.47 Å². The number of carbonyl (C=O) groups is 1. The minimum Gasteiger partial charge on any atom is -0.464 e. The highest BCUT2D eigenvalue weighted by molar-refractivity contribution is 5.92. The number of carbonyl (C=O) groups excluding carboxylic acids is 1. The topological polar surface area (TPSA) is 112 Å². The molecule has 3 rings (SSSR count). The standard InChI is InChI=1S/C17H20FN5O5/c18-13-1-2-15(23(25)26)16(11-13)28-12-22-5-3-14(20-22)17(24)19-4-6-21-7-9-27-10-8-21/h1-3,5,11H,4,6-10,12H2,(H,19,24). The van der Waals surface area contributed by atoms with Gasteiger partial charge in [0.15, 0.2) is 6.73 Å². The van der Waals surface area contributed by atoms with Crippen molar-refractivity contribution in [3.8, 4) is 5.75 Å². The first kappa shape index (κ1) is 19.7. The molecule has 150 valence electrons. The third kappa shape index (κ3) is 5.24. The average Bonchev–Trinajstić information content (AvgIpc) is 3.16. The zero-order valence-corrected chi connectivity index (χ0v) is 15.0. The van der Waals surface area contributed by atoms with Gasteiger partial charge in [0.25, 0.3) is 5.91 Å². The van der Waals surface area contributed by atoms with Crippen LogP contribution in [0.2, 0.25) is 0 Å². The number of morpholine rings is 1. The summed E-state index contributed by atoms with van der Waals surface area (Å²) in [5.74, 6) is -1.19. The van der Waals surface area contributed by atoms with Crippen LogP contribution in [0, 0.1) is 15.9 Å². The van der Waals surface area contributed by atoms with Crippen molar-refractivity contribution in [2.45, 2.75) is 6.73 Å². The number of nitrogens with zero attached hydrogens (tertiary/aromatic N) is 4. The highest BCUT2D eigenvalue weighted by Crippen LogP contribution is 2.27. The monoisotopic (exact) mass is 393 g/mol. The molecule has 0 bridgehead atoms. The number of nitro groups is 1. The van der Waals surface area contributed by atoms with Crippen LogP contribution in [0.25, 0.3) is 0 Å². The lowest BCUT2D eigenvalue weighted by atomic mass is 10.3. The molecule has 28 heavy (non-hydrogen) atoms. The summed E-state index contributed by atoms with van der Waals surface area (Å²) in [5, 5.41) is 17.8. The molecular weight excluding hydrogens is 373 g/mol. The average molecular weight is 393 g/mol. The van der Waals surface area contributed by atoms with Crippen molar-refractivity contribution in [1.29, 1.82) is 0 Å². The number of rotatable bonds is 8. The molecule has 2 aromatic rings. The molecule has 2 heterocycles. The number of hydrogen-bond acceptors (Lipinski definition) is 7. The fourth-order valence-electron chi connectivity index (χ4n) is 2.69. The van der Waals surface area contributed by atoms with E-state index in [9.17, 15) is 19.3 Å². The van der Waals surface area contributed by atoms with E-state index in [0.29, 0.717) is 19.8 Å². The summed E-state index contributed by atoms with van der Waals surface area (Å²) >= 11 is 0. The van der Waals surface area contributed by atoms with Crippen molar-refractivity contribution in [3.63, 3.8) is 0 Å². The van der Waals surface area contributed by atoms with E-state index in [2.05, 4.69) is 15.3 Å². The zero-order chi connectivity index (χ0) is 19.9. The maximum Gasteiger partial charge on any atom is 0.311 e. The number of ether oxygens (including phenoxy) is 2. The van der Waals surface area contributed by atoms with Gasteiger partial charge in [0, 0.05) is 44.5 Å². The molecule has 0 aliphatic carbocycles. The van der Waals surface area contributed by atoms with E-state index in [-0.39, 0.29) is 29.8 Å². The van der Waals surface area contributed by atoms with Crippen LogP contribution in [-0.2, 0) is 11.5 Å². The van der Waals surface area contributed by atoms with Gasteiger partial charge in [-0.1, -0.05) is 0 Å². The fraction of sp³-hybridized carbons (Fsp3) is 0.412. The maximum absolute atomic E-state index is 13.3. The molecule has 1 aromatic carbocycles. The van der Waals surface area contributed by atoms with Gasteiger partial charge in [-0.25, -0.2) is 9.07 Å². The lowest BCUT2D eigenvalue weighted by molar-refractivity contribution is -0.386. The minimum absolute atomic E-state index is 0.194. The summed E-state index contributed by atoms with van der Waals surface area (Å²) in [4.78, 5) is 24.7. The third-order valence-corrected chi connectivity index (χ3v) is 4.16. The Labute approximate surface area is 160 Å². The number of benzene rings is 1. The molecule has 0 unspecified atom stereocenters. The number of hydrogen-bond donors (Lipinski definition) is 1. The van der Waals surface area contributed by atoms with Crippen molar-refractivity contribution >= 4 is 11.6 Å². The van der Waals surface area contributed by atoms with Gasteiger partial charge in [-0.05, 0) is 12.1 Å². The molecule has 1 aromatic heterocycles. The maximum atomic E-state index is 13.3. The molecule has 11 heteroatoms. The van der Waals surface area contributed by atoms with Gasteiger partial charge < -0.3 is 14.8 Å². The summed E-state index contributed by atoms with van der Waals surface area (Å²) in [6.07, 6.45) is 1.50. The highest BCUT2D eigenvalue weighted by atomic mass is 19.1. The Kier molecular flexibility index (Phi) is 6.50. The quantitative estimate of drug-likeness (QED) is 0.527. The SMILES string of the molecule is O=C(NCCN1CCOCC1)c1ccn(COc2cc(F)ccc2[N+](=O)[O-])n1. The lowest BCUT2D eigenvalue weighted by Gasteiger charge is -2.26. The Bertz CT molecular complexity index is 837. The summed E-state index contributed by atoms with van der Waals surface area (Å²) in [6.45, 7) is 4.08. The fourth-order valence-corrected chi connectivity index (χ4v) is 2.69. The van der Waals surface area contributed by atoms with Gasteiger partial charge in [0.2, 0.25) is 5.75 Å². The normalized spacial score (nSPS) is 14.6. The zero-order valence-electron chi connectivity index (χ0n) is 15.0. The first-order chi connectivity index (χ1) is 13.5. The predicted molar refractivity (Wildman–Crippen MR) is 95.5 cm³/mol. The predicted octanol–water partition coefficient (Wildman–Crippen LogP) is 1.03. The van der Waals surface area contributed by atoms with E-state index in [1.807, 2.05) is 0 Å². The number of amides is 1. The van der Waals surface area contributed by atoms with Gasteiger partial charge in [-0.15, -0.1) is 0 Å². The lowest BCUT2D eigenvalue weighted by Crippen LogP contribution is -2.41. The van der Waals surface area contributed by atoms with E-state index < -0.39 is 10.7 Å². The molecule has 10 nitrogen and oxygen atoms in total. The molecule has 1 fully saturated rings. The van der Waals surface area contributed by atoms with Crippen molar-refractivity contribution < 1.29 is 23.6 Å². The number of aromatic nitrogens is 2. The second kappa shape index (κ2) is 9.24. The molecule has 0 spiro atoms. The van der Waals surface area contributed by atoms with E-state index in [1.54, 1.807) is 0 Å². The van der Waals surface area contributed by atoms with Crippen molar-refractivity contribution in [3.05, 3.63) is 52.1 Å². The number of nitro benzene ring substituents is 1. The van der Waals surface area contributed by atoms with Crippen LogP contribution in [0.4, 0.5) is 10.1 Å². The molecule has 0 atom stereocenters. The third-order valence-electron chi connectivity index (χ3n) is 4.16. The van der Waals surface area contributed by atoms with Crippen LogP contribution in [0.1, 0.15) is 10.5 Å². The Hall–Kier alpha value is -3.05.